The van der Waals surface area contributed by atoms with Crippen LogP contribution in [0.3, 0.4) is 0 Å². The van der Waals surface area contributed by atoms with Crippen LogP contribution >= 0.6 is 23.2 Å². The minimum Gasteiger partial charge on any atom is -0.365 e. The van der Waals surface area contributed by atoms with Crippen molar-refractivity contribution < 1.29 is 9.18 Å². The highest BCUT2D eigenvalue weighted by molar-refractivity contribution is 6.31. The van der Waals surface area contributed by atoms with Crippen molar-refractivity contribution in [3.8, 4) is 0 Å². The Morgan fingerprint density at radius 3 is 2.87 bits per heavy atom. The molecule has 1 heterocycles. The summed E-state index contributed by atoms with van der Waals surface area (Å²) >= 11 is 11.5. The summed E-state index contributed by atoms with van der Waals surface area (Å²) in [6.45, 7) is 0. The van der Waals surface area contributed by atoms with Gasteiger partial charge in [0, 0.05) is 11.3 Å². The van der Waals surface area contributed by atoms with Crippen LogP contribution in [0.4, 0.5) is 10.1 Å². The Morgan fingerprint density at radius 2 is 2.20 bits per heavy atom. The second-order valence-electron chi connectivity index (χ2n) is 3.12. The van der Waals surface area contributed by atoms with Gasteiger partial charge in [-0.25, -0.2) is 4.39 Å². The summed E-state index contributed by atoms with van der Waals surface area (Å²) in [5.74, 6) is -0.519. The topological polar surface area (TPSA) is 29.1 Å². The molecule has 0 saturated carbocycles. The Morgan fingerprint density at radius 1 is 1.47 bits per heavy atom. The summed E-state index contributed by atoms with van der Waals surface area (Å²) in [5.41, 5.74) is 0.949. The van der Waals surface area contributed by atoms with Crippen LogP contribution in [0.5, 0.6) is 0 Å². The Hall–Kier alpha value is -1.06. The number of benzene rings is 1. The molecule has 2 rings (SSSR count). The van der Waals surface area contributed by atoms with Crippen molar-refractivity contribution in [1.29, 1.82) is 0 Å². The third-order valence-electron chi connectivity index (χ3n) is 2.13. The van der Waals surface area contributed by atoms with Crippen molar-refractivity contribution in [2.75, 3.05) is 5.32 Å². The van der Waals surface area contributed by atoms with Crippen molar-refractivity contribution in [2.45, 2.75) is 5.50 Å². The van der Waals surface area contributed by atoms with Gasteiger partial charge in [0.05, 0.1) is 5.02 Å². The number of alkyl halides is 1. The zero-order valence-corrected chi connectivity index (χ0v) is 8.94. The van der Waals surface area contributed by atoms with E-state index in [-0.39, 0.29) is 5.02 Å². The van der Waals surface area contributed by atoms with Gasteiger partial charge in [-0.3, -0.25) is 4.79 Å². The van der Waals surface area contributed by atoms with E-state index < -0.39 is 11.3 Å². The summed E-state index contributed by atoms with van der Waals surface area (Å²) < 4.78 is 13.1. The molecule has 1 aliphatic rings. The van der Waals surface area contributed by atoms with Gasteiger partial charge in [-0.05, 0) is 23.8 Å². The molecule has 78 valence electrons. The quantitative estimate of drug-likeness (QED) is 0.468. The van der Waals surface area contributed by atoms with Gasteiger partial charge >= 0.3 is 0 Å². The number of fused-ring (bicyclic) bond motifs is 1. The zero-order valence-electron chi connectivity index (χ0n) is 7.43. The highest BCUT2D eigenvalue weighted by Gasteiger charge is 2.19. The fourth-order valence-electron chi connectivity index (χ4n) is 1.37. The van der Waals surface area contributed by atoms with Crippen LogP contribution in [-0.4, -0.2) is 11.8 Å². The summed E-state index contributed by atoms with van der Waals surface area (Å²) in [5, 5.41) is 2.81. The highest BCUT2D eigenvalue weighted by atomic mass is 35.5. The number of aldehydes is 1. The second kappa shape index (κ2) is 3.83. The van der Waals surface area contributed by atoms with Crippen molar-refractivity contribution in [1.82, 2.24) is 0 Å². The first kappa shape index (κ1) is 10.5. The number of halogens is 3. The van der Waals surface area contributed by atoms with Crippen LogP contribution in [0.25, 0.3) is 6.08 Å². The number of anilines is 1. The van der Waals surface area contributed by atoms with Gasteiger partial charge in [-0.1, -0.05) is 23.2 Å². The predicted molar refractivity (Wildman–Crippen MR) is 58.7 cm³/mol. The van der Waals surface area contributed by atoms with E-state index in [9.17, 15) is 9.18 Å². The van der Waals surface area contributed by atoms with Gasteiger partial charge in [0.2, 0.25) is 0 Å². The maximum Gasteiger partial charge on any atom is 0.149 e. The standard InChI is InChI=1S/C10H6Cl2FNO/c11-7-2-5-1-6(4-15)10(12)14-9(5)3-8(7)13/h1-4,10,14H. The first-order valence-electron chi connectivity index (χ1n) is 4.18. The number of hydrogen-bond acceptors (Lipinski definition) is 2. The highest BCUT2D eigenvalue weighted by Crippen LogP contribution is 2.31. The molecule has 0 saturated heterocycles. The van der Waals surface area contributed by atoms with Gasteiger partial charge in [-0.2, -0.15) is 0 Å². The minimum atomic E-state index is -0.629. The van der Waals surface area contributed by atoms with Crippen LogP contribution in [0.1, 0.15) is 5.56 Å². The molecule has 1 aromatic rings. The molecule has 0 bridgehead atoms. The van der Waals surface area contributed by atoms with E-state index in [2.05, 4.69) is 5.32 Å². The Balaban J connectivity index is 2.55. The molecule has 0 aliphatic carbocycles. The van der Waals surface area contributed by atoms with E-state index in [0.29, 0.717) is 23.1 Å². The summed E-state index contributed by atoms with van der Waals surface area (Å²) in [6.07, 6.45) is 2.24. The largest absolute Gasteiger partial charge is 0.365 e. The molecule has 0 fully saturated rings. The van der Waals surface area contributed by atoms with Gasteiger partial charge in [0.25, 0.3) is 0 Å². The molecule has 15 heavy (non-hydrogen) atoms. The SMILES string of the molecule is O=CC1=Cc2cc(Cl)c(F)cc2NC1Cl. The lowest BCUT2D eigenvalue weighted by molar-refractivity contribution is -0.104. The first-order valence-corrected chi connectivity index (χ1v) is 4.99. The second-order valence-corrected chi connectivity index (χ2v) is 3.97. The van der Waals surface area contributed by atoms with E-state index in [0.717, 1.165) is 0 Å². The fourth-order valence-corrected chi connectivity index (χ4v) is 1.78. The third-order valence-corrected chi connectivity index (χ3v) is 2.78. The Bertz CT molecular complexity index is 459. The van der Waals surface area contributed by atoms with E-state index in [4.69, 9.17) is 23.2 Å². The number of hydrogen-bond donors (Lipinski definition) is 1. The molecule has 2 nitrogen and oxygen atoms in total. The summed E-state index contributed by atoms with van der Waals surface area (Å²) in [4.78, 5) is 10.6. The molecule has 1 atom stereocenters. The van der Waals surface area contributed by atoms with Gasteiger partial charge in [-0.15, -0.1) is 0 Å². The smallest absolute Gasteiger partial charge is 0.149 e. The molecule has 0 aromatic heterocycles. The third kappa shape index (κ3) is 1.85. The van der Waals surface area contributed by atoms with Crippen LogP contribution in [-0.2, 0) is 4.79 Å². The molecule has 0 amide bonds. The monoisotopic (exact) mass is 245 g/mol. The normalized spacial score (nSPS) is 18.9. The number of rotatable bonds is 1. The van der Waals surface area contributed by atoms with Crippen LogP contribution in [0, 0.1) is 5.82 Å². The fraction of sp³-hybridized carbons (Fsp3) is 0.100. The number of carbonyl (C=O) groups is 1. The van der Waals surface area contributed by atoms with Gasteiger partial charge < -0.3 is 5.32 Å². The molecule has 1 N–H and O–H groups in total. The first-order chi connectivity index (χ1) is 7.11. The maximum absolute atomic E-state index is 13.1. The predicted octanol–water partition coefficient (Wildman–Crippen LogP) is 3.05. The van der Waals surface area contributed by atoms with Crippen molar-refractivity contribution in [3.05, 3.63) is 34.1 Å². The van der Waals surface area contributed by atoms with Crippen LogP contribution in [0.2, 0.25) is 5.02 Å². The zero-order chi connectivity index (χ0) is 11.0. The lowest BCUT2D eigenvalue weighted by Crippen LogP contribution is -2.20. The average Bonchev–Trinajstić information content (AvgIpc) is 2.20. The van der Waals surface area contributed by atoms with Crippen LogP contribution < -0.4 is 5.32 Å². The minimum absolute atomic E-state index is 0.0186. The average molecular weight is 246 g/mol. The lowest BCUT2D eigenvalue weighted by atomic mass is 10.1. The van der Waals surface area contributed by atoms with E-state index >= 15 is 0 Å². The maximum atomic E-state index is 13.1. The molecule has 1 unspecified atom stereocenters. The molecular formula is C10H6Cl2FNO. The van der Waals surface area contributed by atoms with E-state index in [1.165, 1.54) is 12.1 Å². The molecule has 0 radical (unpaired) electrons. The Kier molecular flexibility index (Phi) is 2.67. The molecule has 1 aromatic carbocycles. The van der Waals surface area contributed by atoms with Gasteiger partial charge in [0.15, 0.2) is 0 Å². The Labute approximate surface area is 95.7 Å². The van der Waals surface area contributed by atoms with Crippen molar-refractivity contribution in [3.63, 3.8) is 0 Å². The summed E-state index contributed by atoms with van der Waals surface area (Å²) in [6, 6.07) is 2.70. The summed E-state index contributed by atoms with van der Waals surface area (Å²) in [7, 11) is 0. The lowest BCUT2D eigenvalue weighted by Gasteiger charge is -2.21. The van der Waals surface area contributed by atoms with E-state index in [1.54, 1.807) is 6.08 Å². The molecule has 0 spiro atoms. The van der Waals surface area contributed by atoms with Crippen LogP contribution in [0.15, 0.2) is 17.7 Å². The van der Waals surface area contributed by atoms with E-state index in [1.807, 2.05) is 0 Å². The molecule has 1 aliphatic heterocycles. The number of nitrogens with one attached hydrogen (secondary N) is 1. The number of carbonyl (C=O) groups excluding carboxylic acids is 1. The van der Waals surface area contributed by atoms with Gasteiger partial charge in [0.1, 0.15) is 17.6 Å². The van der Waals surface area contributed by atoms with Crippen molar-refractivity contribution >= 4 is 41.3 Å². The molecule has 5 heteroatoms. The van der Waals surface area contributed by atoms with Crippen molar-refractivity contribution in [2.24, 2.45) is 0 Å². The molecular weight excluding hydrogens is 240 g/mol.